The van der Waals surface area contributed by atoms with Gasteiger partial charge in [-0.05, 0) is 45.7 Å². The second-order valence-corrected chi connectivity index (χ2v) is 8.33. The van der Waals surface area contributed by atoms with E-state index in [9.17, 15) is 4.79 Å². The highest BCUT2D eigenvalue weighted by atomic mass is 127. The van der Waals surface area contributed by atoms with E-state index in [1.54, 1.807) is 7.05 Å². The Labute approximate surface area is 187 Å². The van der Waals surface area contributed by atoms with Crippen molar-refractivity contribution >= 4 is 35.8 Å². The Bertz CT molecular complexity index is 629. The summed E-state index contributed by atoms with van der Waals surface area (Å²) in [6.45, 7) is 9.19. The van der Waals surface area contributed by atoms with Crippen LogP contribution in [0, 0.1) is 0 Å². The zero-order chi connectivity index (χ0) is 19.9. The van der Waals surface area contributed by atoms with Gasteiger partial charge >= 0.3 is 0 Å². The molecule has 1 aliphatic rings. The second-order valence-electron chi connectivity index (χ2n) is 8.33. The summed E-state index contributed by atoms with van der Waals surface area (Å²) in [4.78, 5) is 20.9. The van der Waals surface area contributed by atoms with Gasteiger partial charge in [-0.25, -0.2) is 0 Å². The summed E-state index contributed by atoms with van der Waals surface area (Å²) in [5.74, 6) is 0.755. The number of rotatable bonds is 6. The topological polar surface area (TPSA) is 60.0 Å². The Kier molecular flexibility index (Phi) is 10.2. The Morgan fingerprint density at radius 2 is 1.96 bits per heavy atom. The molecule has 0 bridgehead atoms. The van der Waals surface area contributed by atoms with Crippen LogP contribution in [0.4, 0.5) is 0 Å². The molecule has 1 saturated heterocycles. The maximum Gasteiger partial charge on any atom is 0.240 e. The van der Waals surface area contributed by atoms with E-state index in [1.165, 1.54) is 18.4 Å². The molecule has 1 amide bonds. The van der Waals surface area contributed by atoms with E-state index >= 15 is 0 Å². The van der Waals surface area contributed by atoms with Crippen LogP contribution in [0.1, 0.15) is 39.2 Å². The van der Waals surface area contributed by atoms with Crippen LogP contribution in [-0.4, -0.2) is 67.0 Å². The molecule has 6 nitrogen and oxygen atoms in total. The van der Waals surface area contributed by atoms with Gasteiger partial charge in [0.05, 0.1) is 6.54 Å². The van der Waals surface area contributed by atoms with E-state index in [1.807, 2.05) is 32.7 Å². The zero-order valence-electron chi connectivity index (χ0n) is 17.9. The first-order valence-electron chi connectivity index (χ1n) is 9.79. The number of halogens is 1. The molecule has 0 saturated carbocycles. The molecule has 1 heterocycles. The molecule has 7 heteroatoms. The number of carbonyl (C=O) groups is 1. The highest BCUT2D eigenvalue weighted by Gasteiger charge is 2.25. The molecule has 158 valence electrons. The standard InChI is InChI=1S/C21H35N5O.HI/c1-21(2,3)24-19(27)16-25(5)20(22-4)23-14-18-12-9-13-26(18)15-17-10-7-6-8-11-17;/h6-8,10-11,18H,9,12-16H2,1-5H3,(H,22,23)(H,24,27);1H. The predicted molar refractivity (Wildman–Crippen MR) is 127 cm³/mol. The number of guanidine groups is 1. The van der Waals surface area contributed by atoms with Crippen molar-refractivity contribution in [2.24, 2.45) is 4.99 Å². The normalized spacial score (nSPS) is 17.8. The number of hydrogen-bond donors (Lipinski definition) is 2. The Balaban J connectivity index is 0.00000392. The molecule has 0 spiro atoms. The van der Waals surface area contributed by atoms with Gasteiger partial charge in [0.25, 0.3) is 0 Å². The van der Waals surface area contributed by atoms with Crippen LogP contribution in [0.3, 0.4) is 0 Å². The number of likely N-dealkylation sites (N-methyl/N-ethyl adjacent to an activating group) is 1. The lowest BCUT2D eigenvalue weighted by molar-refractivity contribution is -0.122. The van der Waals surface area contributed by atoms with Gasteiger partial charge in [-0.2, -0.15) is 0 Å². The Hall–Kier alpha value is -1.35. The van der Waals surface area contributed by atoms with E-state index < -0.39 is 0 Å². The molecule has 1 fully saturated rings. The smallest absolute Gasteiger partial charge is 0.240 e. The number of likely N-dealkylation sites (tertiary alicyclic amines) is 1. The maximum atomic E-state index is 12.2. The van der Waals surface area contributed by atoms with Gasteiger partial charge in [-0.15, -0.1) is 24.0 Å². The monoisotopic (exact) mass is 501 g/mol. The van der Waals surface area contributed by atoms with Gasteiger partial charge in [0.1, 0.15) is 0 Å². The SMILES string of the molecule is CN=C(NCC1CCCN1Cc1ccccc1)N(C)CC(=O)NC(C)(C)C.I. The van der Waals surface area contributed by atoms with Crippen molar-refractivity contribution in [2.45, 2.75) is 51.7 Å². The molecule has 2 rings (SSSR count). The maximum absolute atomic E-state index is 12.2. The number of benzene rings is 1. The molecule has 0 aliphatic carbocycles. The van der Waals surface area contributed by atoms with Gasteiger partial charge in [0.15, 0.2) is 5.96 Å². The first-order chi connectivity index (χ1) is 12.8. The zero-order valence-corrected chi connectivity index (χ0v) is 20.2. The quantitative estimate of drug-likeness (QED) is 0.358. The fourth-order valence-corrected chi connectivity index (χ4v) is 3.49. The lowest BCUT2D eigenvalue weighted by Gasteiger charge is -2.28. The minimum atomic E-state index is -0.226. The van der Waals surface area contributed by atoms with Crippen LogP contribution in [-0.2, 0) is 11.3 Å². The first-order valence-corrected chi connectivity index (χ1v) is 9.79. The highest BCUT2D eigenvalue weighted by molar-refractivity contribution is 14.0. The van der Waals surface area contributed by atoms with Gasteiger partial charge in [-0.3, -0.25) is 14.7 Å². The van der Waals surface area contributed by atoms with Crippen molar-refractivity contribution in [1.29, 1.82) is 0 Å². The molecule has 1 aromatic carbocycles. The molecule has 2 N–H and O–H groups in total. The number of nitrogens with one attached hydrogen (secondary N) is 2. The van der Waals surface area contributed by atoms with E-state index in [-0.39, 0.29) is 42.0 Å². The molecular formula is C21H36IN5O. The summed E-state index contributed by atoms with van der Waals surface area (Å²) in [5.41, 5.74) is 1.13. The van der Waals surface area contributed by atoms with Crippen LogP contribution in [0.15, 0.2) is 35.3 Å². The van der Waals surface area contributed by atoms with Crippen molar-refractivity contribution in [1.82, 2.24) is 20.4 Å². The van der Waals surface area contributed by atoms with Gasteiger partial charge in [-0.1, -0.05) is 30.3 Å². The molecule has 1 atom stereocenters. The predicted octanol–water partition coefficient (Wildman–Crippen LogP) is 2.69. The lowest BCUT2D eigenvalue weighted by atomic mass is 10.1. The van der Waals surface area contributed by atoms with Crippen molar-refractivity contribution in [3.8, 4) is 0 Å². The molecule has 1 aromatic rings. The average molecular weight is 501 g/mol. The van der Waals surface area contributed by atoms with Crippen LogP contribution < -0.4 is 10.6 Å². The third kappa shape index (κ3) is 8.34. The number of nitrogens with zero attached hydrogens (tertiary/aromatic N) is 3. The van der Waals surface area contributed by atoms with Crippen molar-refractivity contribution < 1.29 is 4.79 Å². The number of aliphatic imine (C=N–C) groups is 1. The molecule has 28 heavy (non-hydrogen) atoms. The van der Waals surface area contributed by atoms with Gasteiger partial charge in [0.2, 0.25) is 5.91 Å². The second kappa shape index (κ2) is 11.6. The number of amides is 1. The van der Waals surface area contributed by atoms with E-state index in [0.717, 1.165) is 25.6 Å². The third-order valence-electron chi connectivity index (χ3n) is 4.69. The Morgan fingerprint density at radius 1 is 1.29 bits per heavy atom. The van der Waals surface area contributed by atoms with Crippen molar-refractivity contribution in [3.05, 3.63) is 35.9 Å². The Morgan fingerprint density at radius 3 is 2.57 bits per heavy atom. The fourth-order valence-electron chi connectivity index (χ4n) is 3.49. The minimum absolute atomic E-state index is 0. The number of carbonyl (C=O) groups excluding carboxylic acids is 1. The summed E-state index contributed by atoms with van der Waals surface area (Å²) in [6, 6.07) is 11.1. The molecular weight excluding hydrogens is 465 g/mol. The molecule has 0 radical (unpaired) electrons. The summed E-state index contributed by atoms with van der Waals surface area (Å²) in [6.07, 6.45) is 2.41. The average Bonchev–Trinajstić information content (AvgIpc) is 3.01. The van der Waals surface area contributed by atoms with E-state index in [2.05, 4.69) is 50.9 Å². The van der Waals surface area contributed by atoms with Crippen LogP contribution >= 0.6 is 24.0 Å². The van der Waals surface area contributed by atoms with Crippen LogP contribution in [0.25, 0.3) is 0 Å². The van der Waals surface area contributed by atoms with Crippen LogP contribution in [0.5, 0.6) is 0 Å². The van der Waals surface area contributed by atoms with Gasteiger partial charge < -0.3 is 15.5 Å². The summed E-state index contributed by atoms with van der Waals surface area (Å²) in [5, 5.41) is 6.44. The van der Waals surface area contributed by atoms with E-state index in [0.29, 0.717) is 6.04 Å². The minimum Gasteiger partial charge on any atom is -0.355 e. The van der Waals surface area contributed by atoms with Crippen LogP contribution in [0.2, 0.25) is 0 Å². The number of hydrogen-bond acceptors (Lipinski definition) is 3. The van der Waals surface area contributed by atoms with E-state index in [4.69, 9.17) is 0 Å². The largest absolute Gasteiger partial charge is 0.355 e. The van der Waals surface area contributed by atoms with Crippen molar-refractivity contribution in [3.63, 3.8) is 0 Å². The summed E-state index contributed by atoms with van der Waals surface area (Å²) in [7, 11) is 3.66. The molecule has 1 unspecified atom stereocenters. The summed E-state index contributed by atoms with van der Waals surface area (Å²) >= 11 is 0. The molecule has 0 aromatic heterocycles. The summed E-state index contributed by atoms with van der Waals surface area (Å²) < 4.78 is 0. The fraction of sp³-hybridized carbons (Fsp3) is 0.619. The molecule has 1 aliphatic heterocycles. The van der Waals surface area contributed by atoms with Gasteiger partial charge in [0, 0.05) is 38.8 Å². The van der Waals surface area contributed by atoms with Crippen molar-refractivity contribution in [2.75, 3.05) is 33.7 Å². The lowest BCUT2D eigenvalue weighted by Crippen LogP contribution is -2.50. The highest BCUT2D eigenvalue weighted by Crippen LogP contribution is 2.19. The third-order valence-corrected chi connectivity index (χ3v) is 4.69. The first kappa shape index (κ1) is 24.7.